The highest BCUT2D eigenvalue weighted by Crippen LogP contribution is 2.24. The van der Waals surface area contributed by atoms with Gasteiger partial charge in [-0.2, -0.15) is 4.98 Å². The molecule has 2 aromatic rings. The van der Waals surface area contributed by atoms with Gasteiger partial charge in [0.25, 0.3) is 0 Å². The van der Waals surface area contributed by atoms with Gasteiger partial charge in [-0.3, -0.25) is 0 Å². The number of nitrogens with zero attached hydrogens (tertiary/aromatic N) is 4. The Morgan fingerprint density at radius 1 is 1.04 bits per heavy atom. The van der Waals surface area contributed by atoms with Gasteiger partial charge in [-0.25, -0.2) is 13.4 Å². The van der Waals surface area contributed by atoms with Crippen LogP contribution < -0.4 is 9.80 Å². The van der Waals surface area contributed by atoms with Crippen molar-refractivity contribution in [3.63, 3.8) is 0 Å². The Hall–Kier alpha value is -2.15. The highest BCUT2D eigenvalue weighted by atomic mass is 32.2. The molecule has 0 radical (unpaired) electrons. The summed E-state index contributed by atoms with van der Waals surface area (Å²) in [4.78, 5) is 13.0. The zero-order valence-corrected chi connectivity index (χ0v) is 14.9. The molecular formula is C16H22N4O2S. The fourth-order valence-corrected chi connectivity index (χ4v) is 2.78. The lowest BCUT2D eigenvalue weighted by Gasteiger charge is -2.26. The minimum absolute atomic E-state index is 0.0148. The van der Waals surface area contributed by atoms with Crippen molar-refractivity contribution < 1.29 is 8.42 Å². The number of benzene rings is 1. The fraction of sp³-hybridized carbons (Fsp3) is 0.375. The van der Waals surface area contributed by atoms with E-state index in [2.05, 4.69) is 9.97 Å². The van der Waals surface area contributed by atoms with E-state index >= 15 is 0 Å². The Labute approximate surface area is 137 Å². The molecular weight excluding hydrogens is 312 g/mol. The highest BCUT2D eigenvalue weighted by molar-refractivity contribution is 7.90. The summed E-state index contributed by atoms with van der Waals surface area (Å²) in [6, 6.07) is 8.78. The first kappa shape index (κ1) is 17.2. The minimum atomic E-state index is -3.18. The first-order valence-electron chi connectivity index (χ1n) is 7.23. The molecule has 0 aliphatic carbocycles. The molecule has 0 saturated carbocycles. The molecule has 0 amide bonds. The average Bonchev–Trinajstić information content (AvgIpc) is 2.53. The third-order valence-corrected chi connectivity index (χ3v) is 4.90. The van der Waals surface area contributed by atoms with Crippen LogP contribution in [-0.4, -0.2) is 45.8 Å². The predicted molar refractivity (Wildman–Crippen MR) is 92.7 cm³/mol. The molecule has 0 bridgehead atoms. The van der Waals surface area contributed by atoms with E-state index in [1.54, 1.807) is 18.3 Å². The van der Waals surface area contributed by atoms with Crippen LogP contribution in [0.25, 0.3) is 0 Å². The monoisotopic (exact) mass is 334 g/mol. The van der Waals surface area contributed by atoms with Gasteiger partial charge in [-0.15, -0.1) is 0 Å². The zero-order chi connectivity index (χ0) is 17.2. The molecule has 2 rings (SSSR count). The average molecular weight is 334 g/mol. The molecule has 0 aliphatic heterocycles. The normalized spacial score (nSPS) is 12.7. The van der Waals surface area contributed by atoms with E-state index < -0.39 is 9.84 Å². The number of aromatic nitrogens is 2. The molecule has 6 nitrogen and oxygen atoms in total. The van der Waals surface area contributed by atoms with Gasteiger partial charge >= 0.3 is 0 Å². The molecule has 0 saturated heterocycles. The Bertz CT molecular complexity index is 773. The van der Waals surface area contributed by atoms with E-state index in [1.165, 1.54) is 6.26 Å². The first-order valence-corrected chi connectivity index (χ1v) is 9.12. The van der Waals surface area contributed by atoms with E-state index in [9.17, 15) is 8.42 Å². The molecule has 124 valence electrons. The molecule has 1 aromatic heterocycles. The standard InChI is InChI=1S/C16H22N4O2S/c1-12(13-6-8-14(9-7-13)23(5,21)22)20(4)16-17-11-10-15(18-16)19(2)3/h6-12H,1-5H3. The van der Waals surface area contributed by atoms with Crippen molar-refractivity contribution in [3.05, 3.63) is 42.1 Å². The van der Waals surface area contributed by atoms with Gasteiger partial charge in [-0.05, 0) is 30.7 Å². The summed E-state index contributed by atoms with van der Waals surface area (Å²) in [6.07, 6.45) is 2.94. The Kier molecular flexibility index (Phi) is 4.89. The lowest BCUT2D eigenvalue weighted by molar-refractivity contribution is 0.601. The van der Waals surface area contributed by atoms with Crippen molar-refractivity contribution in [1.29, 1.82) is 0 Å². The van der Waals surface area contributed by atoms with Crippen LogP contribution in [0.2, 0.25) is 0 Å². The molecule has 1 heterocycles. The summed E-state index contributed by atoms with van der Waals surface area (Å²) >= 11 is 0. The lowest BCUT2D eigenvalue weighted by atomic mass is 10.1. The van der Waals surface area contributed by atoms with E-state index in [4.69, 9.17) is 0 Å². The van der Waals surface area contributed by atoms with Crippen LogP contribution in [0, 0.1) is 0 Å². The van der Waals surface area contributed by atoms with Gasteiger partial charge in [0.15, 0.2) is 9.84 Å². The van der Waals surface area contributed by atoms with Crippen LogP contribution in [-0.2, 0) is 9.84 Å². The van der Waals surface area contributed by atoms with Gasteiger partial charge < -0.3 is 9.80 Å². The number of hydrogen-bond acceptors (Lipinski definition) is 6. The summed E-state index contributed by atoms with van der Waals surface area (Å²) in [5.41, 5.74) is 0.999. The van der Waals surface area contributed by atoms with Crippen LogP contribution in [0.5, 0.6) is 0 Å². The molecule has 0 aliphatic rings. The third kappa shape index (κ3) is 3.98. The Morgan fingerprint density at radius 2 is 1.65 bits per heavy atom. The lowest BCUT2D eigenvalue weighted by Crippen LogP contribution is -2.24. The maximum Gasteiger partial charge on any atom is 0.227 e. The topological polar surface area (TPSA) is 66.4 Å². The SMILES string of the molecule is CC(c1ccc(S(C)(=O)=O)cc1)N(C)c1nccc(N(C)C)n1. The zero-order valence-electron chi connectivity index (χ0n) is 14.1. The van der Waals surface area contributed by atoms with Crippen molar-refractivity contribution in [2.24, 2.45) is 0 Å². The summed E-state index contributed by atoms with van der Waals surface area (Å²) in [5, 5.41) is 0. The number of rotatable bonds is 5. The summed E-state index contributed by atoms with van der Waals surface area (Å²) in [6.45, 7) is 2.03. The van der Waals surface area contributed by atoms with Crippen molar-refractivity contribution in [2.75, 3.05) is 37.2 Å². The van der Waals surface area contributed by atoms with Crippen LogP contribution in [0.15, 0.2) is 41.4 Å². The maximum atomic E-state index is 11.5. The number of hydrogen-bond donors (Lipinski definition) is 0. The summed E-state index contributed by atoms with van der Waals surface area (Å²) in [7, 11) is 2.60. The minimum Gasteiger partial charge on any atom is -0.363 e. The number of anilines is 2. The molecule has 23 heavy (non-hydrogen) atoms. The second kappa shape index (κ2) is 6.54. The largest absolute Gasteiger partial charge is 0.363 e. The first-order chi connectivity index (χ1) is 10.7. The van der Waals surface area contributed by atoms with Gasteiger partial charge in [0.05, 0.1) is 10.9 Å². The van der Waals surface area contributed by atoms with Crippen LogP contribution in [0.3, 0.4) is 0 Å². The van der Waals surface area contributed by atoms with E-state index in [-0.39, 0.29) is 6.04 Å². The van der Waals surface area contributed by atoms with Crippen LogP contribution >= 0.6 is 0 Å². The molecule has 1 aromatic carbocycles. The smallest absolute Gasteiger partial charge is 0.227 e. The van der Waals surface area contributed by atoms with Gasteiger partial charge in [0, 0.05) is 33.6 Å². The predicted octanol–water partition coefficient (Wildman–Crippen LogP) is 2.14. The summed E-state index contributed by atoms with van der Waals surface area (Å²) in [5.74, 6) is 1.46. The molecule has 7 heteroatoms. The second-order valence-corrected chi connectivity index (χ2v) is 7.75. The van der Waals surface area contributed by atoms with E-state index in [0.717, 1.165) is 11.4 Å². The molecule has 0 fully saturated rings. The van der Waals surface area contributed by atoms with Gasteiger partial charge in [0.2, 0.25) is 5.95 Å². The quantitative estimate of drug-likeness (QED) is 0.835. The molecule has 1 atom stereocenters. The van der Waals surface area contributed by atoms with Gasteiger partial charge in [-0.1, -0.05) is 12.1 Å². The highest BCUT2D eigenvalue weighted by Gasteiger charge is 2.16. The summed E-state index contributed by atoms with van der Waals surface area (Å²) < 4.78 is 23.1. The van der Waals surface area contributed by atoms with E-state index in [1.807, 2.05) is 56.1 Å². The fourth-order valence-electron chi connectivity index (χ4n) is 2.15. The van der Waals surface area contributed by atoms with Gasteiger partial charge in [0.1, 0.15) is 5.82 Å². The van der Waals surface area contributed by atoms with Crippen molar-refractivity contribution in [3.8, 4) is 0 Å². The second-order valence-electron chi connectivity index (χ2n) is 5.74. The van der Waals surface area contributed by atoms with Crippen molar-refractivity contribution in [1.82, 2.24) is 9.97 Å². The van der Waals surface area contributed by atoms with Crippen molar-refractivity contribution >= 4 is 21.6 Å². The maximum absolute atomic E-state index is 11.5. The number of sulfone groups is 1. The molecule has 0 spiro atoms. The van der Waals surface area contributed by atoms with Crippen LogP contribution in [0.4, 0.5) is 11.8 Å². The molecule has 0 N–H and O–H groups in total. The molecule has 1 unspecified atom stereocenters. The van der Waals surface area contributed by atoms with Crippen molar-refractivity contribution in [2.45, 2.75) is 17.9 Å². The van der Waals surface area contributed by atoms with Crippen LogP contribution in [0.1, 0.15) is 18.5 Å². The Balaban J connectivity index is 2.25. The van der Waals surface area contributed by atoms with E-state index in [0.29, 0.717) is 10.8 Å². The Morgan fingerprint density at radius 3 is 2.17 bits per heavy atom. The third-order valence-electron chi connectivity index (χ3n) is 3.77.